The Bertz CT molecular complexity index is 200. The zero-order valence-electron chi connectivity index (χ0n) is 6.11. The number of hydrogen-bond acceptors (Lipinski definition) is 2. The molecule has 0 spiro atoms. The Morgan fingerprint density at radius 1 is 1.42 bits per heavy atom. The van der Waals surface area contributed by atoms with Gasteiger partial charge in [-0.05, 0) is 6.92 Å². The summed E-state index contributed by atoms with van der Waals surface area (Å²) in [6.45, 7) is 1.86. The number of hydrogen-bond donors (Lipinski definition) is 0. The van der Waals surface area contributed by atoms with E-state index in [9.17, 15) is 4.79 Å². The molecule has 70 valence electrons. The summed E-state index contributed by atoms with van der Waals surface area (Å²) in [5, 5.41) is -0.410. The van der Waals surface area contributed by atoms with E-state index < -0.39 is 10.8 Å². The molecule has 6 heteroatoms. The average molecular weight is 252 g/mol. The maximum absolute atomic E-state index is 10.9. The second-order valence-electron chi connectivity index (χ2n) is 1.68. The Balaban J connectivity index is 4.43. The molecule has 0 fully saturated rings. The third-order valence-corrected chi connectivity index (χ3v) is 2.38. The molecule has 0 N–H and O–H groups in total. The highest BCUT2D eigenvalue weighted by Crippen LogP contribution is 2.25. The van der Waals surface area contributed by atoms with E-state index in [0.29, 0.717) is 0 Å². The van der Waals surface area contributed by atoms with E-state index in [-0.39, 0.29) is 16.7 Å². The zero-order chi connectivity index (χ0) is 9.72. The Hall–Kier alpha value is 0.370. The molecule has 0 atom stereocenters. The summed E-state index contributed by atoms with van der Waals surface area (Å²) in [4.78, 5) is 9.86. The van der Waals surface area contributed by atoms with Crippen molar-refractivity contribution in [2.45, 2.75) is 11.8 Å². The van der Waals surface area contributed by atoms with E-state index in [4.69, 9.17) is 46.4 Å². The molecule has 0 heterocycles. The lowest BCUT2D eigenvalue weighted by atomic mass is 10.5. The fourth-order valence-electron chi connectivity index (χ4n) is 0.388. The van der Waals surface area contributed by atoms with Gasteiger partial charge in [-0.15, -0.1) is 0 Å². The molecular weight excluding hydrogens is 246 g/mol. The summed E-state index contributed by atoms with van der Waals surface area (Å²) in [6.07, 6.45) is 0. The van der Waals surface area contributed by atoms with Crippen LogP contribution in [0, 0.1) is 0 Å². The van der Waals surface area contributed by atoms with Gasteiger partial charge in [0.05, 0.1) is 11.6 Å². The van der Waals surface area contributed by atoms with Crippen molar-refractivity contribution < 1.29 is 9.53 Å². The fraction of sp³-hybridized carbons (Fsp3) is 0.500. The molecule has 0 aliphatic heterocycles. The molecular formula is C6H6Cl4O2. The molecule has 0 rings (SSSR count). The van der Waals surface area contributed by atoms with Gasteiger partial charge in [-0.1, -0.05) is 46.4 Å². The highest BCUT2D eigenvalue weighted by Gasteiger charge is 2.17. The smallest absolute Gasteiger partial charge is 0.351 e. The Labute approximate surface area is 90.4 Å². The van der Waals surface area contributed by atoms with Crippen molar-refractivity contribution in [3.8, 4) is 0 Å². The number of esters is 1. The van der Waals surface area contributed by atoms with Crippen LogP contribution in [0.4, 0.5) is 0 Å². The molecule has 0 bridgehead atoms. The van der Waals surface area contributed by atoms with Crippen LogP contribution in [0.15, 0.2) is 10.1 Å². The third kappa shape index (κ3) is 3.85. The van der Waals surface area contributed by atoms with E-state index >= 15 is 0 Å². The van der Waals surface area contributed by atoms with Gasteiger partial charge in [0, 0.05) is 0 Å². The lowest BCUT2D eigenvalue weighted by molar-refractivity contribution is -0.137. The summed E-state index contributed by atoms with van der Waals surface area (Å²) in [5.41, 5.74) is 0. The number of carbonyl (C=O) groups excluding carboxylic acids is 1. The number of ether oxygens (including phenoxy) is 1. The van der Waals surface area contributed by atoms with Gasteiger partial charge >= 0.3 is 5.97 Å². The van der Waals surface area contributed by atoms with Gasteiger partial charge in [0.25, 0.3) is 0 Å². The predicted molar refractivity (Wildman–Crippen MR) is 50.9 cm³/mol. The average Bonchev–Trinajstić information content (AvgIpc) is 2.02. The van der Waals surface area contributed by atoms with Gasteiger partial charge in [0.1, 0.15) is 9.87 Å². The van der Waals surface area contributed by atoms with E-state index in [2.05, 4.69) is 4.74 Å². The molecule has 0 aliphatic rings. The van der Waals surface area contributed by atoms with Crippen LogP contribution in [-0.2, 0) is 9.53 Å². The van der Waals surface area contributed by atoms with Gasteiger partial charge < -0.3 is 4.74 Å². The Morgan fingerprint density at radius 3 is 2.25 bits per heavy atom. The summed E-state index contributed by atoms with van der Waals surface area (Å²) < 4.78 is 4.54. The van der Waals surface area contributed by atoms with Gasteiger partial charge in [0.2, 0.25) is 0 Å². The summed E-state index contributed by atoms with van der Waals surface area (Å²) in [6, 6.07) is 0. The zero-order valence-corrected chi connectivity index (χ0v) is 9.14. The molecule has 0 aromatic heterocycles. The normalized spacial score (nSPS) is 12.8. The highest BCUT2D eigenvalue weighted by molar-refractivity contribution is 6.56. The molecule has 0 aromatic rings. The molecule has 0 unspecified atom stereocenters. The van der Waals surface area contributed by atoms with Crippen LogP contribution < -0.4 is 0 Å². The van der Waals surface area contributed by atoms with Crippen LogP contribution in [0.1, 0.15) is 6.92 Å². The van der Waals surface area contributed by atoms with E-state index in [0.717, 1.165) is 0 Å². The minimum absolute atomic E-state index is 0.126. The molecule has 0 radical (unpaired) electrons. The molecule has 0 saturated heterocycles. The van der Waals surface area contributed by atoms with Crippen LogP contribution in [0.3, 0.4) is 0 Å². The Kier molecular flexibility index (Phi) is 6.10. The molecule has 0 saturated carbocycles. The number of rotatable bonds is 3. The first-order chi connectivity index (χ1) is 5.50. The molecule has 0 aromatic carbocycles. The molecule has 2 nitrogen and oxygen atoms in total. The van der Waals surface area contributed by atoms with E-state index in [1.807, 2.05) is 0 Å². The first-order valence-electron chi connectivity index (χ1n) is 3.01. The van der Waals surface area contributed by atoms with Crippen molar-refractivity contribution in [1.82, 2.24) is 0 Å². The number of carbonyl (C=O) groups is 1. The third-order valence-electron chi connectivity index (χ3n) is 0.856. The van der Waals surface area contributed by atoms with E-state index in [1.54, 1.807) is 6.92 Å². The molecule has 12 heavy (non-hydrogen) atoms. The van der Waals surface area contributed by atoms with Crippen molar-refractivity contribution in [2.24, 2.45) is 0 Å². The van der Waals surface area contributed by atoms with Gasteiger partial charge in [-0.2, -0.15) is 0 Å². The highest BCUT2D eigenvalue weighted by atomic mass is 35.5. The van der Waals surface area contributed by atoms with Gasteiger partial charge in [0.15, 0.2) is 0 Å². The molecule has 0 aliphatic carbocycles. The first kappa shape index (κ1) is 12.4. The molecule has 0 amide bonds. The first-order valence-corrected chi connectivity index (χ1v) is 4.64. The lowest BCUT2D eigenvalue weighted by Crippen LogP contribution is -2.06. The predicted octanol–water partition coefficient (Wildman–Crippen LogP) is 3.04. The second-order valence-corrected chi connectivity index (χ2v) is 3.56. The topological polar surface area (TPSA) is 26.3 Å². The van der Waals surface area contributed by atoms with Crippen molar-refractivity contribution >= 4 is 52.4 Å². The number of halogens is 4. The maximum Gasteiger partial charge on any atom is 0.351 e. The van der Waals surface area contributed by atoms with Crippen LogP contribution in [0.2, 0.25) is 0 Å². The summed E-state index contributed by atoms with van der Waals surface area (Å²) in [7, 11) is 0. The minimum atomic E-state index is -1.01. The van der Waals surface area contributed by atoms with Crippen molar-refractivity contribution in [2.75, 3.05) is 6.61 Å². The SMILES string of the molecule is CCOC(=O)/C(Cl)=C(\Cl)C(Cl)Cl. The standard InChI is InChI=1S/C6H6Cl4O2/c1-2-12-6(11)4(8)3(7)5(9)10/h5H,2H2,1H3/b4-3+. The van der Waals surface area contributed by atoms with Crippen LogP contribution >= 0.6 is 46.4 Å². The fourth-order valence-corrected chi connectivity index (χ4v) is 0.958. The number of allylic oxidation sites excluding steroid dienone is 1. The van der Waals surface area contributed by atoms with Crippen molar-refractivity contribution in [1.29, 1.82) is 0 Å². The van der Waals surface area contributed by atoms with Gasteiger partial charge in [-0.3, -0.25) is 0 Å². The summed E-state index contributed by atoms with van der Waals surface area (Å²) in [5.74, 6) is -0.726. The quantitative estimate of drug-likeness (QED) is 0.438. The second kappa shape index (κ2) is 5.92. The largest absolute Gasteiger partial charge is 0.462 e. The lowest BCUT2D eigenvalue weighted by Gasteiger charge is -2.03. The van der Waals surface area contributed by atoms with Gasteiger partial charge in [-0.25, -0.2) is 4.79 Å². The summed E-state index contributed by atoms with van der Waals surface area (Å²) >= 11 is 21.6. The van der Waals surface area contributed by atoms with Crippen molar-refractivity contribution in [3.05, 3.63) is 10.1 Å². The monoisotopic (exact) mass is 250 g/mol. The van der Waals surface area contributed by atoms with Crippen LogP contribution in [0.25, 0.3) is 0 Å². The van der Waals surface area contributed by atoms with Crippen LogP contribution in [0.5, 0.6) is 0 Å². The number of alkyl halides is 2. The maximum atomic E-state index is 10.9. The van der Waals surface area contributed by atoms with Crippen LogP contribution in [-0.4, -0.2) is 17.4 Å². The minimum Gasteiger partial charge on any atom is -0.462 e. The van der Waals surface area contributed by atoms with Crippen molar-refractivity contribution in [3.63, 3.8) is 0 Å². The van der Waals surface area contributed by atoms with E-state index in [1.165, 1.54) is 0 Å². The Morgan fingerprint density at radius 2 is 1.92 bits per heavy atom.